The Balaban J connectivity index is 2.03. The molecule has 0 radical (unpaired) electrons. The molecule has 0 aromatic heterocycles. The van der Waals surface area contributed by atoms with Crippen LogP contribution in [0.1, 0.15) is 24.0 Å². The first-order chi connectivity index (χ1) is 12.0. The molecule has 1 aliphatic carbocycles. The summed E-state index contributed by atoms with van der Waals surface area (Å²) in [7, 11) is -1.88. The standard InChI is InChI=1S/C20H25NO3S/c1-3-15-9-11-16(12-10-15)18-19(20(18,13-21)14-24-2)25(22,23)17-7-5-4-6-8-17/h4-12,18-19H,3,13-14,21H2,1-2H3/t18-,19+,20-/m1/s1. The van der Waals surface area contributed by atoms with Crippen LogP contribution in [-0.2, 0) is 21.0 Å². The van der Waals surface area contributed by atoms with Crippen LogP contribution in [0.2, 0.25) is 0 Å². The molecule has 1 saturated carbocycles. The van der Waals surface area contributed by atoms with Gasteiger partial charge in [-0.3, -0.25) is 0 Å². The topological polar surface area (TPSA) is 69.4 Å². The molecule has 2 aromatic rings. The lowest BCUT2D eigenvalue weighted by molar-refractivity contribution is 0.142. The van der Waals surface area contributed by atoms with E-state index in [1.165, 1.54) is 5.56 Å². The van der Waals surface area contributed by atoms with Gasteiger partial charge in [-0.05, 0) is 29.7 Å². The lowest BCUT2D eigenvalue weighted by atomic mass is 9.99. The minimum atomic E-state index is -3.48. The number of rotatable bonds is 7. The molecule has 1 aliphatic rings. The molecule has 25 heavy (non-hydrogen) atoms. The van der Waals surface area contributed by atoms with Crippen molar-refractivity contribution >= 4 is 9.84 Å². The monoisotopic (exact) mass is 359 g/mol. The van der Waals surface area contributed by atoms with Gasteiger partial charge in [0.2, 0.25) is 0 Å². The average molecular weight is 359 g/mol. The molecule has 0 unspecified atom stereocenters. The molecule has 134 valence electrons. The summed E-state index contributed by atoms with van der Waals surface area (Å²) in [6.07, 6.45) is 0.955. The van der Waals surface area contributed by atoms with Crippen LogP contribution in [-0.4, -0.2) is 33.9 Å². The maximum Gasteiger partial charge on any atom is 0.182 e. The molecular formula is C20H25NO3S. The van der Waals surface area contributed by atoms with E-state index in [-0.39, 0.29) is 12.5 Å². The maximum absolute atomic E-state index is 13.2. The minimum absolute atomic E-state index is 0.145. The number of hydrogen-bond donors (Lipinski definition) is 1. The Bertz CT molecular complexity index is 818. The van der Waals surface area contributed by atoms with Gasteiger partial charge >= 0.3 is 0 Å². The predicted octanol–water partition coefficient (Wildman–Crippen LogP) is 2.78. The van der Waals surface area contributed by atoms with Gasteiger partial charge < -0.3 is 10.5 Å². The summed E-state index contributed by atoms with van der Waals surface area (Å²) < 4.78 is 31.9. The second-order valence-electron chi connectivity index (χ2n) is 6.72. The van der Waals surface area contributed by atoms with E-state index in [0.29, 0.717) is 11.5 Å². The summed E-state index contributed by atoms with van der Waals surface area (Å²) >= 11 is 0. The molecule has 0 saturated heterocycles. The van der Waals surface area contributed by atoms with Crippen molar-refractivity contribution in [1.29, 1.82) is 0 Å². The van der Waals surface area contributed by atoms with Gasteiger partial charge in [0.1, 0.15) is 0 Å². The fourth-order valence-electron chi connectivity index (χ4n) is 3.91. The van der Waals surface area contributed by atoms with E-state index < -0.39 is 20.5 Å². The van der Waals surface area contributed by atoms with Crippen molar-refractivity contribution in [3.05, 3.63) is 65.7 Å². The highest BCUT2D eigenvalue weighted by Crippen LogP contribution is 2.63. The van der Waals surface area contributed by atoms with Crippen LogP contribution in [0.4, 0.5) is 0 Å². The minimum Gasteiger partial charge on any atom is -0.384 e. The van der Waals surface area contributed by atoms with E-state index in [9.17, 15) is 8.42 Å². The van der Waals surface area contributed by atoms with Gasteiger partial charge in [-0.1, -0.05) is 49.4 Å². The molecular weight excluding hydrogens is 334 g/mol. The lowest BCUT2D eigenvalue weighted by Gasteiger charge is -2.15. The summed E-state index contributed by atoms with van der Waals surface area (Å²) in [5, 5.41) is -0.556. The van der Waals surface area contributed by atoms with E-state index in [0.717, 1.165) is 12.0 Å². The van der Waals surface area contributed by atoms with Gasteiger partial charge in [-0.15, -0.1) is 0 Å². The number of aryl methyl sites for hydroxylation is 1. The van der Waals surface area contributed by atoms with Gasteiger partial charge in [0.05, 0.1) is 16.8 Å². The van der Waals surface area contributed by atoms with Crippen molar-refractivity contribution in [2.45, 2.75) is 29.4 Å². The summed E-state index contributed by atoms with van der Waals surface area (Å²) in [4.78, 5) is 0.349. The van der Waals surface area contributed by atoms with Crippen LogP contribution >= 0.6 is 0 Å². The van der Waals surface area contributed by atoms with E-state index in [4.69, 9.17) is 10.5 Å². The first-order valence-corrected chi connectivity index (χ1v) is 10.1. The van der Waals surface area contributed by atoms with Gasteiger partial charge in [0.25, 0.3) is 0 Å². The van der Waals surface area contributed by atoms with Crippen LogP contribution in [0, 0.1) is 5.41 Å². The number of hydrogen-bond acceptors (Lipinski definition) is 4. The van der Waals surface area contributed by atoms with Crippen LogP contribution in [0.3, 0.4) is 0 Å². The van der Waals surface area contributed by atoms with E-state index in [1.54, 1.807) is 31.4 Å². The Hall–Kier alpha value is -1.69. The lowest BCUT2D eigenvalue weighted by Crippen LogP contribution is -2.28. The zero-order valence-corrected chi connectivity index (χ0v) is 15.5. The molecule has 2 N–H and O–H groups in total. The van der Waals surface area contributed by atoms with E-state index in [2.05, 4.69) is 19.1 Å². The third-order valence-electron chi connectivity index (χ3n) is 5.33. The highest BCUT2D eigenvalue weighted by atomic mass is 32.2. The fraction of sp³-hybridized carbons (Fsp3) is 0.400. The Morgan fingerprint density at radius 1 is 1.08 bits per heavy atom. The van der Waals surface area contributed by atoms with E-state index in [1.807, 2.05) is 18.2 Å². The molecule has 0 bridgehead atoms. The van der Waals surface area contributed by atoms with Gasteiger partial charge in [0, 0.05) is 25.0 Å². The largest absolute Gasteiger partial charge is 0.384 e. The molecule has 0 aliphatic heterocycles. The molecule has 1 fully saturated rings. The molecule has 5 heteroatoms. The zero-order valence-electron chi connectivity index (χ0n) is 14.7. The average Bonchev–Trinajstić information content (AvgIpc) is 3.32. The first kappa shape index (κ1) is 18.1. The molecule has 0 heterocycles. The highest BCUT2D eigenvalue weighted by Gasteiger charge is 2.70. The predicted molar refractivity (Wildman–Crippen MR) is 99.3 cm³/mol. The van der Waals surface area contributed by atoms with Crippen molar-refractivity contribution in [3.63, 3.8) is 0 Å². The highest BCUT2D eigenvalue weighted by molar-refractivity contribution is 7.92. The molecule has 4 nitrogen and oxygen atoms in total. The maximum atomic E-state index is 13.2. The second kappa shape index (κ2) is 6.90. The molecule has 0 amide bonds. The van der Waals surface area contributed by atoms with Crippen molar-refractivity contribution < 1.29 is 13.2 Å². The van der Waals surface area contributed by atoms with Gasteiger partial charge in [-0.25, -0.2) is 8.42 Å². The third-order valence-corrected chi connectivity index (χ3v) is 7.67. The molecule has 3 atom stereocenters. The van der Waals surface area contributed by atoms with Crippen LogP contribution in [0.15, 0.2) is 59.5 Å². The first-order valence-electron chi connectivity index (χ1n) is 8.58. The molecule has 2 aromatic carbocycles. The second-order valence-corrected chi connectivity index (χ2v) is 8.79. The summed E-state index contributed by atoms with van der Waals surface area (Å²) in [5.41, 5.74) is 7.74. The van der Waals surface area contributed by atoms with Gasteiger partial charge in [-0.2, -0.15) is 0 Å². The summed E-state index contributed by atoms with van der Waals surface area (Å²) in [6, 6.07) is 16.8. The number of ether oxygens (including phenoxy) is 1. The van der Waals surface area contributed by atoms with Crippen molar-refractivity contribution in [2.75, 3.05) is 20.3 Å². The molecule has 3 rings (SSSR count). The summed E-state index contributed by atoms with van der Waals surface area (Å²) in [5.74, 6) is -0.145. The van der Waals surface area contributed by atoms with E-state index >= 15 is 0 Å². The number of nitrogens with two attached hydrogens (primary N) is 1. The van der Waals surface area contributed by atoms with Crippen LogP contribution in [0.5, 0.6) is 0 Å². The van der Waals surface area contributed by atoms with Gasteiger partial charge in [0.15, 0.2) is 9.84 Å². The van der Waals surface area contributed by atoms with Crippen molar-refractivity contribution in [2.24, 2.45) is 11.1 Å². The Morgan fingerprint density at radius 2 is 1.72 bits per heavy atom. The normalized spacial score (nSPS) is 25.7. The Labute approximate surface area is 149 Å². The van der Waals surface area contributed by atoms with Crippen LogP contribution in [0.25, 0.3) is 0 Å². The number of methoxy groups -OCH3 is 1. The van der Waals surface area contributed by atoms with Crippen molar-refractivity contribution in [3.8, 4) is 0 Å². The Morgan fingerprint density at radius 3 is 2.24 bits per heavy atom. The van der Waals surface area contributed by atoms with Crippen molar-refractivity contribution in [1.82, 2.24) is 0 Å². The van der Waals surface area contributed by atoms with Crippen LogP contribution < -0.4 is 5.73 Å². The molecule has 0 spiro atoms. The fourth-order valence-corrected chi connectivity index (χ4v) is 6.37. The third kappa shape index (κ3) is 3.01. The SMILES string of the molecule is CCc1ccc([C@@H]2[C@H](S(=O)(=O)c3ccccc3)[C@]2(CN)COC)cc1. The Kier molecular flexibility index (Phi) is 5.00. The summed E-state index contributed by atoms with van der Waals surface area (Å²) in [6.45, 7) is 2.71. The number of sulfone groups is 1. The zero-order chi connectivity index (χ0) is 18.1. The number of benzene rings is 2. The quantitative estimate of drug-likeness (QED) is 0.825. The smallest absolute Gasteiger partial charge is 0.182 e.